The van der Waals surface area contributed by atoms with Crippen LogP contribution in [-0.2, 0) is 19.7 Å². The first-order chi connectivity index (χ1) is 12.9. The number of Topliss-reactive ketones (excluding diaryl/α,β-unsaturated/α-hetero) is 3. The molecule has 150 valence electrons. The number of aliphatic hydroxyl groups is 1. The fraction of sp³-hybridized carbons (Fsp3) is 0.450. The van der Waals surface area contributed by atoms with Crippen molar-refractivity contribution in [3.05, 3.63) is 28.0 Å². The van der Waals surface area contributed by atoms with Gasteiger partial charge in [0.05, 0.1) is 17.6 Å². The first-order valence-corrected chi connectivity index (χ1v) is 8.85. The van der Waals surface area contributed by atoms with Crippen molar-refractivity contribution in [2.24, 2.45) is 0 Å². The van der Waals surface area contributed by atoms with E-state index >= 15 is 0 Å². The predicted octanol–water partition coefficient (Wildman–Crippen LogP) is 2.37. The SMILES string of the molecule is CCOC12CC(=O)C(C(C)=O)=C(O)C1(C)c1c(O)c(C(C)=O)c(O)c(C)c1O2. The molecule has 1 aromatic carbocycles. The van der Waals surface area contributed by atoms with Crippen LogP contribution in [0.2, 0.25) is 0 Å². The van der Waals surface area contributed by atoms with Gasteiger partial charge in [0.25, 0.3) is 0 Å². The molecule has 8 nitrogen and oxygen atoms in total. The summed E-state index contributed by atoms with van der Waals surface area (Å²) in [6.45, 7) is 7.05. The van der Waals surface area contributed by atoms with E-state index in [0.29, 0.717) is 0 Å². The van der Waals surface area contributed by atoms with Crippen LogP contribution in [0.3, 0.4) is 0 Å². The Balaban J connectivity index is 2.50. The van der Waals surface area contributed by atoms with Crippen LogP contribution in [0, 0.1) is 6.92 Å². The van der Waals surface area contributed by atoms with Gasteiger partial charge >= 0.3 is 0 Å². The highest BCUT2D eigenvalue weighted by Crippen LogP contribution is 2.63. The van der Waals surface area contributed by atoms with Gasteiger partial charge in [-0.15, -0.1) is 0 Å². The summed E-state index contributed by atoms with van der Waals surface area (Å²) < 4.78 is 11.7. The minimum Gasteiger partial charge on any atom is -0.510 e. The number of ether oxygens (including phenoxy) is 2. The lowest BCUT2D eigenvalue weighted by Gasteiger charge is -2.44. The summed E-state index contributed by atoms with van der Waals surface area (Å²) in [5, 5.41) is 32.3. The predicted molar refractivity (Wildman–Crippen MR) is 96.8 cm³/mol. The maximum Gasteiger partial charge on any atom is 0.234 e. The van der Waals surface area contributed by atoms with Crippen molar-refractivity contribution in [3.63, 3.8) is 0 Å². The van der Waals surface area contributed by atoms with Gasteiger partial charge in [0.1, 0.15) is 34.0 Å². The molecule has 2 atom stereocenters. The molecule has 2 aliphatic rings. The lowest BCUT2D eigenvalue weighted by molar-refractivity contribution is -0.212. The quantitative estimate of drug-likeness (QED) is 0.528. The maximum absolute atomic E-state index is 12.6. The van der Waals surface area contributed by atoms with Crippen molar-refractivity contribution in [1.29, 1.82) is 0 Å². The number of phenolic OH excluding ortho intramolecular Hbond substituents is 2. The Morgan fingerprint density at radius 1 is 1.14 bits per heavy atom. The van der Waals surface area contributed by atoms with Crippen molar-refractivity contribution in [3.8, 4) is 17.2 Å². The number of ketones is 3. The highest BCUT2D eigenvalue weighted by molar-refractivity contribution is 6.21. The van der Waals surface area contributed by atoms with E-state index in [1.54, 1.807) is 6.92 Å². The third kappa shape index (κ3) is 2.18. The standard InChI is InChI=1S/C20H22O8/c1-6-27-20-7-11(23)12(9(3)21)18(26)19(20,5)14-16(25)13(10(4)22)15(24)8(2)17(14)28-20/h24-26H,6-7H2,1-5H3. The number of hydrogen-bond donors (Lipinski definition) is 3. The highest BCUT2D eigenvalue weighted by Gasteiger charge is 2.67. The molecule has 0 fully saturated rings. The summed E-state index contributed by atoms with van der Waals surface area (Å²) in [5.41, 5.74) is -2.24. The monoisotopic (exact) mass is 390 g/mol. The molecule has 8 heteroatoms. The van der Waals surface area contributed by atoms with Crippen LogP contribution in [0.5, 0.6) is 17.2 Å². The first-order valence-electron chi connectivity index (χ1n) is 8.85. The van der Waals surface area contributed by atoms with E-state index in [2.05, 4.69) is 0 Å². The van der Waals surface area contributed by atoms with E-state index in [0.717, 1.165) is 6.92 Å². The first kappa shape index (κ1) is 19.9. The Hall–Kier alpha value is -2.87. The van der Waals surface area contributed by atoms with Crippen molar-refractivity contribution in [2.45, 2.75) is 52.2 Å². The number of rotatable bonds is 4. The van der Waals surface area contributed by atoms with Crippen molar-refractivity contribution >= 4 is 17.3 Å². The van der Waals surface area contributed by atoms with Gasteiger partial charge < -0.3 is 24.8 Å². The molecule has 2 unspecified atom stereocenters. The van der Waals surface area contributed by atoms with Gasteiger partial charge in [-0.2, -0.15) is 0 Å². The average molecular weight is 390 g/mol. The van der Waals surface area contributed by atoms with Crippen molar-refractivity contribution in [1.82, 2.24) is 0 Å². The molecule has 0 amide bonds. The molecule has 0 aromatic heterocycles. The number of carbonyl (C=O) groups excluding carboxylic acids is 3. The van der Waals surface area contributed by atoms with Gasteiger partial charge in [0.15, 0.2) is 17.3 Å². The molecule has 3 N–H and O–H groups in total. The fourth-order valence-electron chi connectivity index (χ4n) is 4.22. The van der Waals surface area contributed by atoms with Crippen LogP contribution in [0.25, 0.3) is 0 Å². The van der Waals surface area contributed by atoms with Crippen molar-refractivity contribution < 1.29 is 39.2 Å². The molecule has 0 radical (unpaired) electrons. The molecular weight excluding hydrogens is 368 g/mol. The van der Waals surface area contributed by atoms with Crippen LogP contribution in [0.15, 0.2) is 11.3 Å². The Labute approximate surface area is 161 Å². The zero-order valence-corrected chi connectivity index (χ0v) is 16.3. The minimum absolute atomic E-state index is 0.0000945. The van der Waals surface area contributed by atoms with Crippen molar-refractivity contribution in [2.75, 3.05) is 6.61 Å². The van der Waals surface area contributed by atoms with Gasteiger partial charge in [0.2, 0.25) is 5.79 Å². The van der Waals surface area contributed by atoms with Gasteiger partial charge in [0, 0.05) is 12.2 Å². The largest absolute Gasteiger partial charge is 0.510 e. The third-order valence-corrected chi connectivity index (χ3v) is 5.63. The number of hydrogen-bond acceptors (Lipinski definition) is 8. The van der Waals surface area contributed by atoms with Gasteiger partial charge in [-0.05, 0) is 34.6 Å². The van der Waals surface area contributed by atoms with Gasteiger partial charge in [-0.25, -0.2) is 0 Å². The maximum atomic E-state index is 12.6. The number of aromatic hydroxyl groups is 2. The fourth-order valence-corrected chi connectivity index (χ4v) is 4.22. The number of allylic oxidation sites excluding steroid dienone is 1. The Kier molecular flexibility index (Phi) is 4.31. The Morgan fingerprint density at radius 2 is 1.75 bits per heavy atom. The third-order valence-electron chi connectivity index (χ3n) is 5.63. The Bertz CT molecular complexity index is 973. The second-order valence-corrected chi connectivity index (χ2v) is 7.25. The second-order valence-electron chi connectivity index (χ2n) is 7.25. The lowest BCUT2D eigenvalue weighted by Crippen LogP contribution is -2.58. The van der Waals surface area contributed by atoms with E-state index < -0.39 is 51.4 Å². The zero-order chi connectivity index (χ0) is 21.2. The van der Waals surface area contributed by atoms with E-state index in [4.69, 9.17) is 9.47 Å². The number of fused-ring (bicyclic) bond motifs is 3. The van der Waals surface area contributed by atoms with Crippen LogP contribution < -0.4 is 4.74 Å². The van der Waals surface area contributed by atoms with E-state index in [9.17, 15) is 29.7 Å². The average Bonchev–Trinajstić information content (AvgIpc) is 2.83. The summed E-state index contributed by atoms with van der Waals surface area (Å²) >= 11 is 0. The summed E-state index contributed by atoms with van der Waals surface area (Å²) in [4.78, 5) is 36.7. The van der Waals surface area contributed by atoms with Gasteiger partial charge in [-0.3, -0.25) is 14.4 Å². The molecule has 1 heterocycles. The van der Waals surface area contributed by atoms with Crippen LogP contribution in [0.4, 0.5) is 0 Å². The summed E-state index contributed by atoms with van der Waals surface area (Å²) in [6, 6.07) is 0. The molecule has 1 aliphatic heterocycles. The van der Waals surface area contributed by atoms with E-state index in [1.807, 2.05) is 0 Å². The number of aliphatic hydroxyl groups excluding tert-OH is 1. The van der Waals surface area contributed by atoms with Crippen LogP contribution in [-0.4, -0.2) is 45.1 Å². The van der Waals surface area contributed by atoms with E-state index in [-0.39, 0.29) is 35.5 Å². The molecule has 1 aromatic rings. The summed E-state index contributed by atoms with van der Waals surface area (Å²) in [5.74, 6) is -5.27. The summed E-state index contributed by atoms with van der Waals surface area (Å²) in [6.07, 6.45) is -0.389. The normalized spacial score (nSPS) is 26.0. The molecule has 0 saturated carbocycles. The molecule has 28 heavy (non-hydrogen) atoms. The number of phenols is 2. The minimum atomic E-state index is -1.74. The topological polar surface area (TPSA) is 130 Å². The molecule has 0 bridgehead atoms. The van der Waals surface area contributed by atoms with E-state index in [1.165, 1.54) is 20.8 Å². The molecule has 1 aliphatic carbocycles. The number of benzene rings is 1. The molecule has 0 saturated heterocycles. The summed E-state index contributed by atoms with van der Waals surface area (Å²) in [7, 11) is 0. The van der Waals surface area contributed by atoms with Crippen LogP contribution >= 0.6 is 0 Å². The molecule has 0 spiro atoms. The smallest absolute Gasteiger partial charge is 0.234 e. The zero-order valence-electron chi connectivity index (χ0n) is 16.3. The van der Waals surface area contributed by atoms with Gasteiger partial charge in [-0.1, -0.05) is 0 Å². The lowest BCUT2D eigenvalue weighted by atomic mass is 9.66. The Morgan fingerprint density at radius 3 is 2.25 bits per heavy atom. The molecular formula is C20H22O8. The van der Waals surface area contributed by atoms with Crippen LogP contribution in [0.1, 0.15) is 55.6 Å². The second kappa shape index (κ2) is 6.07. The molecule has 3 rings (SSSR count). The highest BCUT2D eigenvalue weighted by atomic mass is 16.7. The number of carbonyl (C=O) groups is 3.